The van der Waals surface area contributed by atoms with Gasteiger partial charge in [-0.15, -0.1) is 0 Å². The van der Waals surface area contributed by atoms with Crippen LogP contribution in [0.5, 0.6) is 0 Å². The van der Waals surface area contributed by atoms with Gasteiger partial charge in [-0.2, -0.15) is 5.10 Å². The maximum atomic E-state index is 10.4. The van der Waals surface area contributed by atoms with E-state index in [9.17, 15) is 5.11 Å². The van der Waals surface area contributed by atoms with Gasteiger partial charge in [-0.05, 0) is 51.0 Å². The lowest BCUT2D eigenvalue weighted by Crippen LogP contribution is -2.23. The monoisotopic (exact) mass is 299 g/mol. The zero-order chi connectivity index (χ0) is 15.9. The zero-order valence-electron chi connectivity index (χ0n) is 13.4. The van der Waals surface area contributed by atoms with Crippen molar-refractivity contribution in [2.75, 3.05) is 0 Å². The summed E-state index contributed by atoms with van der Waals surface area (Å²) in [5, 5.41) is 14.6. The number of aromatic nitrogens is 5. The Bertz CT molecular complexity index is 817. The van der Waals surface area contributed by atoms with Crippen LogP contribution in [0.4, 0.5) is 0 Å². The van der Waals surface area contributed by atoms with Crippen molar-refractivity contribution in [3.8, 4) is 0 Å². The number of fused-ring (bicyclic) bond motifs is 1. The minimum atomic E-state index is -0.543. The number of hydrogen-bond acceptors (Lipinski definition) is 4. The summed E-state index contributed by atoms with van der Waals surface area (Å²) in [7, 11) is 0. The Labute approximate surface area is 129 Å². The molecule has 2 aromatic heterocycles. The fourth-order valence-corrected chi connectivity index (χ4v) is 2.68. The molecule has 0 radical (unpaired) electrons. The number of nitrogens with zero attached hydrogens (tertiary/aromatic N) is 5. The van der Waals surface area contributed by atoms with Crippen LogP contribution >= 0.6 is 0 Å². The van der Waals surface area contributed by atoms with Crippen molar-refractivity contribution in [3.63, 3.8) is 0 Å². The molecule has 0 spiro atoms. The summed E-state index contributed by atoms with van der Waals surface area (Å²) in [5.74, 6) is 1.54. The highest BCUT2D eigenvalue weighted by Gasteiger charge is 2.12. The molecule has 0 aliphatic carbocycles. The van der Waals surface area contributed by atoms with Crippen molar-refractivity contribution in [1.29, 1.82) is 0 Å². The van der Waals surface area contributed by atoms with Crippen LogP contribution in [0.25, 0.3) is 11.0 Å². The molecule has 22 heavy (non-hydrogen) atoms. The Morgan fingerprint density at radius 2 is 1.82 bits per heavy atom. The van der Waals surface area contributed by atoms with E-state index >= 15 is 0 Å². The second-order valence-electron chi connectivity index (χ2n) is 5.86. The molecule has 2 heterocycles. The van der Waals surface area contributed by atoms with E-state index in [-0.39, 0.29) is 0 Å². The van der Waals surface area contributed by atoms with Gasteiger partial charge >= 0.3 is 0 Å². The summed E-state index contributed by atoms with van der Waals surface area (Å²) < 4.78 is 3.74. The molecular formula is C16H21N5O. The highest BCUT2D eigenvalue weighted by Crippen LogP contribution is 2.18. The predicted molar refractivity (Wildman–Crippen MR) is 84.7 cm³/mol. The number of rotatable bonds is 4. The molecule has 0 saturated heterocycles. The van der Waals surface area contributed by atoms with Crippen LogP contribution < -0.4 is 0 Å². The summed E-state index contributed by atoms with van der Waals surface area (Å²) >= 11 is 0. The number of imidazole rings is 1. The van der Waals surface area contributed by atoms with Crippen LogP contribution in [0.3, 0.4) is 0 Å². The Hall–Kier alpha value is -2.21. The van der Waals surface area contributed by atoms with Crippen LogP contribution in [0.15, 0.2) is 18.5 Å². The van der Waals surface area contributed by atoms with Crippen molar-refractivity contribution in [2.24, 2.45) is 0 Å². The Kier molecular flexibility index (Phi) is 3.70. The minimum absolute atomic E-state index is 0.428. The Balaban J connectivity index is 1.80. The van der Waals surface area contributed by atoms with E-state index in [1.165, 1.54) is 11.1 Å². The smallest absolute Gasteiger partial charge is 0.147 e. The first-order valence-electron chi connectivity index (χ1n) is 7.42. The van der Waals surface area contributed by atoms with E-state index in [0.29, 0.717) is 13.1 Å². The summed E-state index contributed by atoms with van der Waals surface area (Å²) in [6.07, 6.45) is 1.24. The maximum absolute atomic E-state index is 10.4. The molecule has 0 amide bonds. The topological polar surface area (TPSA) is 68.8 Å². The average Bonchev–Trinajstić information content (AvgIpc) is 2.95. The first-order chi connectivity index (χ1) is 10.4. The van der Waals surface area contributed by atoms with E-state index < -0.39 is 6.10 Å². The van der Waals surface area contributed by atoms with Crippen LogP contribution in [-0.2, 0) is 13.1 Å². The number of aryl methyl sites for hydroxylation is 4. The normalized spacial score (nSPS) is 13.0. The summed E-state index contributed by atoms with van der Waals surface area (Å²) in [5.41, 5.74) is 4.47. The van der Waals surface area contributed by atoms with Crippen molar-refractivity contribution in [2.45, 2.75) is 46.9 Å². The molecule has 0 fully saturated rings. The zero-order valence-corrected chi connectivity index (χ0v) is 13.4. The molecule has 0 bridgehead atoms. The highest BCUT2D eigenvalue weighted by atomic mass is 16.3. The van der Waals surface area contributed by atoms with Gasteiger partial charge in [-0.1, -0.05) is 0 Å². The van der Waals surface area contributed by atoms with Gasteiger partial charge in [-0.25, -0.2) is 14.6 Å². The molecule has 0 aliphatic heterocycles. The molecule has 1 atom stereocenters. The highest BCUT2D eigenvalue weighted by molar-refractivity contribution is 5.77. The van der Waals surface area contributed by atoms with Crippen LogP contribution in [0.2, 0.25) is 0 Å². The standard InChI is InChI=1S/C16H21N5O/c1-10-5-15-16(6-11(10)2)20(9-17-15)7-14(22)8-21-13(4)18-12(3)19-21/h5-6,9,14,22H,7-8H2,1-4H3. The third-order valence-corrected chi connectivity index (χ3v) is 3.99. The van der Waals surface area contributed by atoms with E-state index in [4.69, 9.17) is 0 Å². The number of benzene rings is 1. The molecule has 1 unspecified atom stereocenters. The lowest BCUT2D eigenvalue weighted by atomic mass is 10.1. The molecule has 1 aromatic carbocycles. The fourth-order valence-electron chi connectivity index (χ4n) is 2.68. The van der Waals surface area contributed by atoms with E-state index in [1.54, 1.807) is 11.0 Å². The molecular weight excluding hydrogens is 278 g/mol. The van der Waals surface area contributed by atoms with Crippen molar-refractivity contribution >= 4 is 11.0 Å². The molecule has 116 valence electrons. The second-order valence-corrected chi connectivity index (χ2v) is 5.86. The largest absolute Gasteiger partial charge is 0.389 e. The van der Waals surface area contributed by atoms with Gasteiger partial charge < -0.3 is 9.67 Å². The molecule has 3 aromatic rings. The molecule has 0 saturated carbocycles. The van der Waals surface area contributed by atoms with E-state index in [0.717, 1.165) is 22.7 Å². The molecule has 3 rings (SSSR count). The van der Waals surface area contributed by atoms with Gasteiger partial charge in [0.1, 0.15) is 11.6 Å². The van der Waals surface area contributed by atoms with Crippen LogP contribution in [0.1, 0.15) is 22.8 Å². The maximum Gasteiger partial charge on any atom is 0.147 e. The van der Waals surface area contributed by atoms with Crippen molar-refractivity contribution < 1.29 is 5.11 Å². The number of aliphatic hydroxyl groups is 1. The first kappa shape index (κ1) is 14.7. The van der Waals surface area contributed by atoms with E-state index in [2.05, 4.69) is 41.0 Å². The lowest BCUT2D eigenvalue weighted by molar-refractivity contribution is 0.130. The molecule has 1 N–H and O–H groups in total. The lowest BCUT2D eigenvalue weighted by Gasteiger charge is -2.13. The molecule has 0 aliphatic rings. The molecule has 6 heteroatoms. The van der Waals surface area contributed by atoms with Gasteiger partial charge in [-0.3, -0.25) is 0 Å². The van der Waals surface area contributed by atoms with Gasteiger partial charge in [0.05, 0.1) is 36.6 Å². The average molecular weight is 299 g/mol. The quantitative estimate of drug-likeness (QED) is 0.799. The van der Waals surface area contributed by atoms with Crippen molar-refractivity contribution in [1.82, 2.24) is 24.3 Å². The second kappa shape index (κ2) is 5.53. The van der Waals surface area contributed by atoms with Gasteiger partial charge in [0, 0.05) is 0 Å². The van der Waals surface area contributed by atoms with Crippen LogP contribution in [-0.4, -0.2) is 35.5 Å². The Morgan fingerprint density at radius 3 is 2.50 bits per heavy atom. The van der Waals surface area contributed by atoms with E-state index in [1.807, 2.05) is 18.4 Å². The minimum Gasteiger partial charge on any atom is -0.389 e. The van der Waals surface area contributed by atoms with Gasteiger partial charge in [0.25, 0.3) is 0 Å². The summed E-state index contributed by atoms with van der Waals surface area (Å²) in [6, 6.07) is 4.20. The first-order valence-corrected chi connectivity index (χ1v) is 7.42. The SMILES string of the molecule is Cc1nc(C)n(CC(O)Cn2cnc3cc(C)c(C)cc32)n1. The number of hydrogen-bond donors (Lipinski definition) is 1. The predicted octanol–water partition coefficient (Wildman–Crippen LogP) is 1.92. The third kappa shape index (κ3) is 2.74. The van der Waals surface area contributed by atoms with Gasteiger partial charge in [0.2, 0.25) is 0 Å². The molecule has 6 nitrogen and oxygen atoms in total. The summed E-state index contributed by atoms with van der Waals surface area (Å²) in [4.78, 5) is 8.67. The van der Waals surface area contributed by atoms with Crippen molar-refractivity contribution in [3.05, 3.63) is 41.2 Å². The van der Waals surface area contributed by atoms with Crippen LogP contribution in [0, 0.1) is 27.7 Å². The fraction of sp³-hybridized carbons (Fsp3) is 0.438. The third-order valence-electron chi connectivity index (χ3n) is 3.99. The number of aliphatic hydroxyl groups excluding tert-OH is 1. The summed E-state index contributed by atoms with van der Waals surface area (Å²) in [6.45, 7) is 8.83. The van der Waals surface area contributed by atoms with Gasteiger partial charge in [0.15, 0.2) is 0 Å². The Morgan fingerprint density at radius 1 is 1.09 bits per heavy atom.